The molecule has 0 bridgehead atoms. The second-order valence-corrected chi connectivity index (χ2v) is 4.32. The molecule has 7 heteroatoms. The number of carbonyl (C=O) groups excluding carboxylic acids is 1. The van der Waals surface area contributed by atoms with E-state index in [0.29, 0.717) is 0 Å². The smallest absolute Gasteiger partial charge is 0.255 e. The maximum absolute atomic E-state index is 13.2. The molecule has 1 saturated carbocycles. The average Bonchev–Trinajstić information content (AvgIpc) is 2.89. The lowest BCUT2D eigenvalue weighted by Gasteiger charge is -2.08. The Balaban J connectivity index is 2.12. The van der Waals surface area contributed by atoms with E-state index in [1.165, 1.54) is 6.08 Å². The Morgan fingerprint density at radius 2 is 2.22 bits per heavy atom. The lowest BCUT2D eigenvalue weighted by atomic mass is 10.3. The molecule has 1 atom stereocenters. The van der Waals surface area contributed by atoms with Gasteiger partial charge in [-0.15, -0.1) is 0 Å². The van der Waals surface area contributed by atoms with Crippen LogP contribution in [0.15, 0.2) is 17.1 Å². The van der Waals surface area contributed by atoms with Crippen molar-refractivity contribution in [2.24, 2.45) is 10.9 Å². The molecule has 1 aliphatic carbocycles. The highest BCUT2D eigenvalue weighted by atomic mass is 35.5. The fourth-order valence-electron chi connectivity index (χ4n) is 1.40. The third-order valence-electron chi connectivity index (χ3n) is 2.56. The number of aliphatic imine (C=N–C) groups is 1. The number of rotatable bonds is 4. The number of benzene rings is 1. The molecule has 3 nitrogen and oxygen atoms in total. The van der Waals surface area contributed by atoms with Gasteiger partial charge in [0.05, 0.1) is 17.5 Å². The maximum atomic E-state index is 13.2. The molecule has 0 aliphatic heterocycles. The van der Waals surface area contributed by atoms with Crippen LogP contribution in [0.25, 0.3) is 0 Å². The van der Waals surface area contributed by atoms with Gasteiger partial charge in [0.25, 0.3) is 5.92 Å². The van der Waals surface area contributed by atoms with Gasteiger partial charge in [-0.1, -0.05) is 11.6 Å². The van der Waals surface area contributed by atoms with Crippen molar-refractivity contribution < 1.29 is 22.7 Å². The highest BCUT2D eigenvalue weighted by Crippen LogP contribution is 2.48. The summed E-state index contributed by atoms with van der Waals surface area (Å²) < 4.78 is 43.5. The Labute approximate surface area is 105 Å². The minimum atomic E-state index is -2.70. The topological polar surface area (TPSA) is 38.7 Å². The fraction of sp³-hybridized carbons (Fsp3) is 0.364. The van der Waals surface area contributed by atoms with Crippen molar-refractivity contribution in [3.63, 3.8) is 0 Å². The van der Waals surface area contributed by atoms with Crippen molar-refractivity contribution >= 4 is 23.4 Å². The molecule has 2 rings (SSSR count). The van der Waals surface area contributed by atoms with Gasteiger partial charge in [-0.2, -0.15) is 4.99 Å². The lowest BCUT2D eigenvalue weighted by Crippen LogP contribution is -2.06. The van der Waals surface area contributed by atoms with Gasteiger partial charge in [0.15, 0.2) is 5.82 Å². The van der Waals surface area contributed by atoms with Gasteiger partial charge in [-0.3, -0.25) is 0 Å². The first kappa shape index (κ1) is 12.9. The summed E-state index contributed by atoms with van der Waals surface area (Å²) in [6, 6.07) is 1.97. The van der Waals surface area contributed by atoms with Gasteiger partial charge in [0, 0.05) is 12.5 Å². The van der Waals surface area contributed by atoms with Gasteiger partial charge < -0.3 is 4.74 Å². The van der Waals surface area contributed by atoms with E-state index in [-0.39, 0.29) is 29.5 Å². The highest BCUT2D eigenvalue weighted by molar-refractivity contribution is 6.32. The van der Waals surface area contributed by atoms with Gasteiger partial charge in [0.2, 0.25) is 6.08 Å². The first-order valence-corrected chi connectivity index (χ1v) is 5.39. The first-order valence-electron chi connectivity index (χ1n) is 5.01. The molecule has 1 fully saturated rings. The predicted octanol–water partition coefficient (Wildman–Crippen LogP) is 3.48. The van der Waals surface area contributed by atoms with Gasteiger partial charge in [-0.25, -0.2) is 18.0 Å². The van der Waals surface area contributed by atoms with E-state index in [1.54, 1.807) is 0 Å². The molecule has 0 saturated heterocycles. The van der Waals surface area contributed by atoms with Crippen LogP contribution in [0, 0.1) is 11.7 Å². The van der Waals surface area contributed by atoms with Crippen molar-refractivity contribution in [1.82, 2.24) is 0 Å². The lowest BCUT2D eigenvalue weighted by molar-refractivity contribution is 0.0856. The molecule has 0 heterocycles. The Bertz CT molecular complexity index is 529. The Morgan fingerprint density at radius 1 is 1.56 bits per heavy atom. The molecule has 0 aromatic heterocycles. The van der Waals surface area contributed by atoms with Crippen LogP contribution in [0.4, 0.5) is 18.9 Å². The molecule has 0 N–H and O–H groups in total. The molecule has 96 valence electrons. The van der Waals surface area contributed by atoms with Crippen LogP contribution in [-0.2, 0) is 4.79 Å². The Hall–Kier alpha value is -1.52. The Kier molecular flexibility index (Phi) is 3.32. The third-order valence-corrected chi connectivity index (χ3v) is 2.86. The summed E-state index contributed by atoms with van der Waals surface area (Å²) in [5.74, 6) is -4.35. The quantitative estimate of drug-likeness (QED) is 0.624. The monoisotopic (exact) mass is 277 g/mol. The Morgan fingerprint density at radius 3 is 2.78 bits per heavy atom. The summed E-state index contributed by atoms with van der Waals surface area (Å²) in [5, 5.41) is -0.0682. The minimum Gasteiger partial charge on any atom is -0.491 e. The summed E-state index contributed by atoms with van der Waals surface area (Å²) in [4.78, 5) is 13.2. The molecule has 1 unspecified atom stereocenters. The molecule has 18 heavy (non-hydrogen) atoms. The molecule has 0 radical (unpaired) electrons. The van der Waals surface area contributed by atoms with E-state index in [9.17, 15) is 18.0 Å². The number of halogens is 4. The fourth-order valence-corrected chi connectivity index (χ4v) is 1.61. The van der Waals surface area contributed by atoms with E-state index in [0.717, 1.165) is 12.1 Å². The summed E-state index contributed by atoms with van der Waals surface area (Å²) in [6.07, 6.45) is 0.947. The van der Waals surface area contributed by atoms with Crippen molar-refractivity contribution in [1.29, 1.82) is 0 Å². The largest absolute Gasteiger partial charge is 0.491 e. The normalized spacial score (nSPS) is 20.1. The SMILES string of the molecule is O=C=Nc1cc(OCC2CC2(F)F)c(Cl)cc1F. The van der Waals surface area contributed by atoms with E-state index in [2.05, 4.69) is 4.99 Å². The second-order valence-electron chi connectivity index (χ2n) is 3.91. The molecule has 1 aliphatic rings. The summed E-state index contributed by atoms with van der Waals surface area (Å²) in [7, 11) is 0. The van der Waals surface area contributed by atoms with E-state index in [1.807, 2.05) is 0 Å². The zero-order valence-corrected chi connectivity index (χ0v) is 9.68. The van der Waals surface area contributed by atoms with Crippen molar-refractivity contribution in [3.05, 3.63) is 23.0 Å². The van der Waals surface area contributed by atoms with Crippen LogP contribution in [0.1, 0.15) is 6.42 Å². The second kappa shape index (κ2) is 4.63. The summed E-state index contributed by atoms with van der Waals surface area (Å²) in [6.45, 7) is -0.220. The zero-order chi connectivity index (χ0) is 13.3. The molecule has 0 spiro atoms. The minimum absolute atomic E-state index is 0.00904. The molecule has 1 aromatic carbocycles. The van der Waals surface area contributed by atoms with Crippen LogP contribution in [0.5, 0.6) is 5.75 Å². The number of nitrogens with zero attached hydrogens (tertiary/aromatic N) is 1. The standard InChI is InChI=1S/C11H7ClF3NO2/c12-7-1-8(13)9(16-5-17)2-10(7)18-4-6-3-11(6,14)15/h1-2,6H,3-4H2. The number of hydrogen-bond donors (Lipinski definition) is 0. The van der Waals surface area contributed by atoms with Gasteiger partial charge in [0.1, 0.15) is 11.4 Å². The molecule has 0 amide bonds. The molecule has 1 aromatic rings. The highest BCUT2D eigenvalue weighted by Gasteiger charge is 2.57. The summed E-state index contributed by atoms with van der Waals surface area (Å²) >= 11 is 5.68. The van der Waals surface area contributed by atoms with Crippen LogP contribution < -0.4 is 4.74 Å². The predicted molar refractivity (Wildman–Crippen MR) is 57.7 cm³/mol. The summed E-state index contributed by atoms with van der Waals surface area (Å²) in [5.41, 5.74) is -0.299. The number of isocyanates is 1. The van der Waals surface area contributed by atoms with Crippen LogP contribution in [-0.4, -0.2) is 18.6 Å². The van der Waals surface area contributed by atoms with Crippen LogP contribution in [0.2, 0.25) is 5.02 Å². The zero-order valence-electron chi connectivity index (χ0n) is 8.92. The molecular weight excluding hydrogens is 271 g/mol. The van der Waals surface area contributed by atoms with E-state index < -0.39 is 17.7 Å². The van der Waals surface area contributed by atoms with Gasteiger partial charge >= 0.3 is 0 Å². The maximum Gasteiger partial charge on any atom is 0.255 e. The van der Waals surface area contributed by atoms with E-state index >= 15 is 0 Å². The van der Waals surface area contributed by atoms with Gasteiger partial charge in [-0.05, 0) is 6.07 Å². The molecular formula is C11H7ClF3NO2. The average molecular weight is 278 g/mol. The van der Waals surface area contributed by atoms with Crippen molar-refractivity contribution in [2.75, 3.05) is 6.61 Å². The van der Waals surface area contributed by atoms with Crippen LogP contribution in [0.3, 0.4) is 0 Å². The first-order chi connectivity index (χ1) is 8.44. The third kappa shape index (κ3) is 2.66. The van der Waals surface area contributed by atoms with Crippen molar-refractivity contribution in [2.45, 2.75) is 12.3 Å². The number of hydrogen-bond acceptors (Lipinski definition) is 3. The number of alkyl halides is 2. The van der Waals surface area contributed by atoms with Crippen LogP contribution >= 0.6 is 11.6 Å². The number of ether oxygens (including phenoxy) is 1. The van der Waals surface area contributed by atoms with E-state index in [4.69, 9.17) is 16.3 Å². The van der Waals surface area contributed by atoms with Crippen molar-refractivity contribution in [3.8, 4) is 5.75 Å².